The van der Waals surface area contributed by atoms with Gasteiger partial charge in [0.05, 0.1) is 6.04 Å². The molecule has 0 aliphatic heterocycles. The topological polar surface area (TPSA) is 25.2 Å². The van der Waals surface area contributed by atoms with Gasteiger partial charge in [0, 0.05) is 5.39 Å². The van der Waals surface area contributed by atoms with Gasteiger partial charge in [-0.3, -0.25) is 0 Å². The molecule has 0 aliphatic carbocycles. The summed E-state index contributed by atoms with van der Waals surface area (Å²) in [5, 5.41) is 4.60. The molecule has 86 valence electrons. The van der Waals surface area contributed by atoms with Gasteiger partial charge in [-0.25, -0.2) is 0 Å². The quantitative estimate of drug-likeness (QED) is 0.847. The summed E-state index contributed by atoms with van der Waals surface area (Å²) in [5.41, 5.74) is 3.51. The predicted molar refractivity (Wildman–Crippen MR) is 67.8 cm³/mol. The van der Waals surface area contributed by atoms with Gasteiger partial charge in [-0.2, -0.15) is 0 Å². The van der Waals surface area contributed by atoms with Crippen molar-refractivity contribution in [1.82, 2.24) is 5.32 Å². The monoisotopic (exact) mass is 217 g/mol. The second-order valence-corrected chi connectivity index (χ2v) is 4.37. The van der Waals surface area contributed by atoms with E-state index in [9.17, 15) is 0 Å². The summed E-state index contributed by atoms with van der Waals surface area (Å²) < 4.78 is 5.93. The van der Waals surface area contributed by atoms with E-state index < -0.39 is 0 Å². The van der Waals surface area contributed by atoms with Crippen LogP contribution in [0, 0.1) is 13.8 Å². The molecule has 1 aromatic heterocycles. The first kappa shape index (κ1) is 11.2. The number of nitrogens with one attached hydrogen (secondary N) is 1. The molecular formula is C14H19NO. The first-order valence-electron chi connectivity index (χ1n) is 5.86. The Kier molecular flexibility index (Phi) is 3.01. The fourth-order valence-electron chi connectivity index (χ4n) is 2.03. The minimum absolute atomic E-state index is 0.274. The number of rotatable bonds is 3. The van der Waals surface area contributed by atoms with Crippen molar-refractivity contribution in [1.29, 1.82) is 0 Å². The molecule has 1 aromatic carbocycles. The van der Waals surface area contributed by atoms with Gasteiger partial charge in [0.1, 0.15) is 11.3 Å². The van der Waals surface area contributed by atoms with E-state index in [1.54, 1.807) is 0 Å². The van der Waals surface area contributed by atoms with Crippen LogP contribution in [0.1, 0.15) is 36.8 Å². The number of furan rings is 1. The SMILES string of the molecule is CCNC(C)c1cc2c(C)ccc(C)c2o1. The molecule has 2 aromatic rings. The third-order valence-corrected chi connectivity index (χ3v) is 3.05. The summed E-state index contributed by atoms with van der Waals surface area (Å²) in [4.78, 5) is 0. The Morgan fingerprint density at radius 3 is 2.56 bits per heavy atom. The van der Waals surface area contributed by atoms with Gasteiger partial charge in [-0.15, -0.1) is 0 Å². The molecule has 0 saturated heterocycles. The van der Waals surface area contributed by atoms with Gasteiger partial charge < -0.3 is 9.73 Å². The van der Waals surface area contributed by atoms with E-state index in [0.29, 0.717) is 0 Å². The highest BCUT2D eigenvalue weighted by Crippen LogP contribution is 2.28. The Labute approximate surface area is 96.6 Å². The lowest BCUT2D eigenvalue weighted by Crippen LogP contribution is -2.16. The number of benzene rings is 1. The summed E-state index contributed by atoms with van der Waals surface area (Å²) >= 11 is 0. The molecular weight excluding hydrogens is 198 g/mol. The first-order valence-corrected chi connectivity index (χ1v) is 5.86. The maximum absolute atomic E-state index is 5.93. The number of aryl methyl sites for hydroxylation is 2. The third kappa shape index (κ3) is 1.85. The summed E-state index contributed by atoms with van der Waals surface area (Å²) in [6.45, 7) is 9.41. The Morgan fingerprint density at radius 2 is 1.94 bits per heavy atom. The average molecular weight is 217 g/mol. The molecule has 0 bridgehead atoms. The molecule has 1 N–H and O–H groups in total. The van der Waals surface area contributed by atoms with Gasteiger partial charge in [0.2, 0.25) is 0 Å². The van der Waals surface area contributed by atoms with Crippen LogP contribution in [-0.2, 0) is 0 Å². The van der Waals surface area contributed by atoms with Crippen LogP contribution in [0.3, 0.4) is 0 Å². The summed E-state index contributed by atoms with van der Waals surface area (Å²) in [7, 11) is 0. The molecule has 0 aliphatic rings. The minimum Gasteiger partial charge on any atom is -0.459 e. The van der Waals surface area contributed by atoms with Crippen LogP contribution in [-0.4, -0.2) is 6.54 Å². The molecule has 1 heterocycles. The van der Waals surface area contributed by atoms with E-state index in [0.717, 1.165) is 17.9 Å². The zero-order valence-electron chi connectivity index (χ0n) is 10.4. The van der Waals surface area contributed by atoms with Crippen LogP contribution in [0.2, 0.25) is 0 Å². The normalized spacial score (nSPS) is 13.2. The van der Waals surface area contributed by atoms with Gasteiger partial charge in [-0.1, -0.05) is 19.1 Å². The molecule has 2 nitrogen and oxygen atoms in total. The number of hydrogen-bond acceptors (Lipinski definition) is 2. The lowest BCUT2D eigenvalue weighted by atomic mass is 10.1. The van der Waals surface area contributed by atoms with Crippen molar-refractivity contribution in [3.8, 4) is 0 Å². The van der Waals surface area contributed by atoms with Gasteiger partial charge in [0.25, 0.3) is 0 Å². The Bertz CT molecular complexity index is 460. The van der Waals surface area contributed by atoms with Crippen LogP contribution in [0.15, 0.2) is 22.6 Å². The predicted octanol–water partition coefficient (Wildman–Crippen LogP) is 3.72. The molecule has 1 atom stereocenters. The minimum atomic E-state index is 0.274. The number of fused-ring (bicyclic) bond motifs is 1. The highest BCUT2D eigenvalue weighted by atomic mass is 16.3. The van der Waals surface area contributed by atoms with Crippen LogP contribution in [0.25, 0.3) is 11.0 Å². The number of hydrogen-bond donors (Lipinski definition) is 1. The second kappa shape index (κ2) is 4.30. The fourth-order valence-corrected chi connectivity index (χ4v) is 2.03. The van der Waals surface area contributed by atoms with Crippen molar-refractivity contribution >= 4 is 11.0 Å². The Balaban J connectivity index is 2.51. The lowest BCUT2D eigenvalue weighted by Gasteiger charge is -2.07. The molecule has 2 rings (SSSR count). The second-order valence-electron chi connectivity index (χ2n) is 4.37. The maximum atomic E-state index is 5.93. The van der Waals surface area contributed by atoms with Crippen LogP contribution in [0.4, 0.5) is 0 Å². The third-order valence-electron chi connectivity index (χ3n) is 3.05. The van der Waals surface area contributed by atoms with E-state index in [-0.39, 0.29) is 6.04 Å². The van der Waals surface area contributed by atoms with Crippen molar-refractivity contribution in [2.45, 2.75) is 33.7 Å². The lowest BCUT2D eigenvalue weighted by molar-refractivity contribution is 0.458. The summed E-state index contributed by atoms with van der Waals surface area (Å²) in [5.74, 6) is 1.02. The average Bonchev–Trinajstić information content (AvgIpc) is 2.70. The van der Waals surface area contributed by atoms with E-state index in [1.807, 2.05) is 0 Å². The van der Waals surface area contributed by atoms with Crippen molar-refractivity contribution in [2.75, 3.05) is 6.54 Å². The summed E-state index contributed by atoms with van der Waals surface area (Å²) in [6.07, 6.45) is 0. The van der Waals surface area contributed by atoms with E-state index in [1.165, 1.54) is 16.5 Å². The maximum Gasteiger partial charge on any atom is 0.137 e. The van der Waals surface area contributed by atoms with Crippen molar-refractivity contribution in [2.24, 2.45) is 0 Å². The molecule has 0 saturated carbocycles. The molecule has 2 heteroatoms. The molecule has 0 radical (unpaired) electrons. The van der Waals surface area contributed by atoms with Crippen LogP contribution in [0.5, 0.6) is 0 Å². The fraction of sp³-hybridized carbons (Fsp3) is 0.429. The van der Waals surface area contributed by atoms with Crippen molar-refractivity contribution < 1.29 is 4.42 Å². The molecule has 0 amide bonds. The van der Waals surface area contributed by atoms with Crippen LogP contribution >= 0.6 is 0 Å². The standard InChI is InChI=1S/C14H19NO/c1-5-15-11(4)13-8-12-9(2)6-7-10(3)14(12)16-13/h6-8,11,15H,5H2,1-4H3. The Hall–Kier alpha value is -1.28. The molecule has 16 heavy (non-hydrogen) atoms. The zero-order chi connectivity index (χ0) is 11.7. The van der Waals surface area contributed by atoms with Gasteiger partial charge in [0.15, 0.2) is 0 Å². The van der Waals surface area contributed by atoms with E-state index in [2.05, 4.69) is 51.2 Å². The van der Waals surface area contributed by atoms with Crippen LogP contribution < -0.4 is 5.32 Å². The van der Waals surface area contributed by atoms with Crippen molar-refractivity contribution in [3.63, 3.8) is 0 Å². The first-order chi connectivity index (χ1) is 7.63. The van der Waals surface area contributed by atoms with Gasteiger partial charge >= 0.3 is 0 Å². The van der Waals surface area contributed by atoms with Gasteiger partial charge in [-0.05, 0) is 44.5 Å². The largest absolute Gasteiger partial charge is 0.459 e. The smallest absolute Gasteiger partial charge is 0.137 e. The molecule has 0 spiro atoms. The van der Waals surface area contributed by atoms with Crippen molar-refractivity contribution in [3.05, 3.63) is 35.1 Å². The molecule has 1 unspecified atom stereocenters. The zero-order valence-corrected chi connectivity index (χ0v) is 10.4. The molecule has 0 fully saturated rings. The van der Waals surface area contributed by atoms with E-state index >= 15 is 0 Å². The highest BCUT2D eigenvalue weighted by molar-refractivity contribution is 5.84. The highest BCUT2D eigenvalue weighted by Gasteiger charge is 2.12. The van der Waals surface area contributed by atoms with E-state index in [4.69, 9.17) is 4.42 Å². The Morgan fingerprint density at radius 1 is 1.25 bits per heavy atom. The summed E-state index contributed by atoms with van der Waals surface area (Å²) in [6, 6.07) is 6.69.